The van der Waals surface area contributed by atoms with Crippen LogP contribution in [0.3, 0.4) is 0 Å². The van der Waals surface area contributed by atoms with Crippen molar-refractivity contribution in [3.05, 3.63) is 42.1 Å². The number of carbonyl (C=O) groups is 3. The van der Waals surface area contributed by atoms with Crippen LogP contribution in [0.4, 0.5) is 10.6 Å². The van der Waals surface area contributed by atoms with Crippen LogP contribution in [-0.4, -0.2) is 88.8 Å². The molecule has 2 unspecified atom stereocenters. The van der Waals surface area contributed by atoms with Crippen molar-refractivity contribution in [3.8, 4) is 11.4 Å². The molecule has 1 aliphatic heterocycles. The first-order chi connectivity index (χ1) is 19.6. The maximum atomic E-state index is 13.4. The van der Waals surface area contributed by atoms with Crippen molar-refractivity contribution in [3.63, 3.8) is 0 Å². The van der Waals surface area contributed by atoms with E-state index in [1.807, 2.05) is 39.0 Å². The third kappa shape index (κ3) is 10.5. The molecule has 0 radical (unpaired) electrons. The van der Waals surface area contributed by atoms with Gasteiger partial charge < -0.3 is 35.0 Å². The second kappa shape index (κ2) is 15.6. The van der Waals surface area contributed by atoms with Gasteiger partial charge in [0.25, 0.3) is 5.91 Å². The first kappa shape index (κ1) is 32.1. The maximum absolute atomic E-state index is 13.4. The van der Waals surface area contributed by atoms with Gasteiger partial charge in [-0.3, -0.25) is 9.36 Å². The number of benzene rings is 1. The standard InChI is InChI=1S/C27H39N6O7P/c1-4-5-16-39-41(37,38)17-11-21(26(35)40-27(36)33-14-12-28-13-15-33)31-25(34)22-18-23(29-19(2)3)32-24(30-22)20-9-7-6-8-10-20/h6-10,18-19,21,28H,4-5,11-17H2,1-3H3,(H,31,34)(H,37,38)(H,29,30,32). The number of anilines is 1. The predicted molar refractivity (Wildman–Crippen MR) is 154 cm³/mol. The van der Waals surface area contributed by atoms with Crippen LogP contribution in [0, 0.1) is 0 Å². The highest BCUT2D eigenvalue weighted by Gasteiger charge is 2.31. The molecule has 1 aromatic carbocycles. The van der Waals surface area contributed by atoms with Gasteiger partial charge in [0, 0.05) is 43.9 Å². The average molecular weight is 591 g/mol. The molecular formula is C27H39N6O7P. The third-order valence-electron chi connectivity index (χ3n) is 6.07. The number of carbonyl (C=O) groups excluding carboxylic acids is 3. The molecule has 13 nitrogen and oxygen atoms in total. The van der Waals surface area contributed by atoms with Gasteiger partial charge in [0.2, 0.25) is 0 Å². The number of hydrogen-bond acceptors (Lipinski definition) is 10. The third-order valence-corrected chi connectivity index (χ3v) is 7.48. The van der Waals surface area contributed by atoms with Crippen molar-refractivity contribution in [1.29, 1.82) is 0 Å². The summed E-state index contributed by atoms with van der Waals surface area (Å²) in [4.78, 5) is 59.6. The van der Waals surface area contributed by atoms with E-state index in [-0.39, 0.29) is 24.8 Å². The van der Waals surface area contributed by atoms with Gasteiger partial charge >= 0.3 is 19.7 Å². The molecule has 3 rings (SSSR count). The number of esters is 1. The first-order valence-electron chi connectivity index (χ1n) is 13.8. The number of rotatable bonds is 13. The van der Waals surface area contributed by atoms with Crippen LogP contribution in [-0.2, 0) is 18.6 Å². The lowest BCUT2D eigenvalue weighted by molar-refractivity contribution is -0.140. The van der Waals surface area contributed by atoms with Crippen LogP contribution < -0.4 is 16.0 Å². The van der Waals surface area contributed by atoms with Gasteiger partial charge in [-0.25, -0.2) is 19.6 Å². The van der Waals surface area contributed by atoms with Gasteiger partial charge in [0.1, 0.15) is 17.6 Å². The lowest BCUT2D eigenvalue weighted by Gasteiger charge is -2.27. The van der Waals surface area contributed by atoms with E-state index in [1.54, 1.807) is 12.1 Å². The smallest absolute Gasteiger partial charge is 0.375 e. The summed E-state index contributed by atoms with van der Waals surface area (Å²) in [7, 11) is -4.06. The molecule has 1 aromatic heterocycles. The van der Waals surface area contributed by atoms with Crippen LogP contribution in [0.2, 0.25) is 0 Å². The monoisotopic (exact) mass is 590 g/mol. The molecule has 41 heavy (non-hydrogen) atoms. The van der Waals surface area contributed by atoms with E-state index in [4.69, 9.17) is 9.26 Å². The Labute approximate surface area is 240 Å². The minimum Gasteiger partial charge on any atom is -0.375 e. The Kier molecular flexibility index (Phi) is 12.2. The zero-order valence-corrected chi connectivity index (χ0v) is 24.6. The van der Waals surface area contributed by atoms with Crippen LogP contribution in [0.15, 0.2) is 36.4 Å². The molecule has 224 valence electrons. The first-order valence-corrected chi connectivity index (χ1v) is 15.5. The van der Waals surface area contributed by atoms with Gasteiger partial charge in [-0.1, -0.05) is 43.7 Å². The maximum Gasteiger partial charge on any atom is 0.417 e. The quantitative estimate of drug-likeness (QED) is 0.117. The highest BCUT2D eigenvalue weighted by atomic mass is 31.2. The van der Waals surface area contributed by atoms with Crippen molar-refractivity contribution in [2.24, 2.45) is 0 Å². The number of hydrogen-bond donors (Lipinski definition) is 4. The van der Waals surface area contributed by atoms with E-state index in [9.17, 15) is 23.8 Å². The van der Waals surface area contributed by atoms with Crippen LogP contribution in [0.5, 0.6) is 0 Å². The Bertz CT molecular complexity index is 1220. The summed E-state index contributed by atoms with van der Waals surface area (Å²) in [5.74, 6) is -1.10. The van der Waals surface area contributed by atoms with Gasteiger partial charge in [-0.15, -0.1) is 0 Å². The number of piperazine rings is 1. The largest absolute Gasteiger partial charge is 0.417 e. The SMILES string of the molecule is CCCCOP(=O)(O)CCC(NC(=O)c1cc(NC(C)C)nc(-c2ccccc2)n1)C(=O)OC(=O)N1CCNCC1. The van der Waals surface area contributed by atoms with E-state index < -0.39 is 37.8 Å². The molecule has 2 amide bonds. The molecule has 0 bridgehead atoms. The Morgan fingerprint density at radius 1 is 1.15 bits per heavy atom. The molecule has 1 fully saturated rings. The summed E-state index contributed by atoms with van der Waals surface area (Å²) in [5.41, 5.74) is 0.636. The molecule has 2 atom stereocenters. The van der Waals surface area contributed by atoms with E-state index in [0.29, 0.717) is 49.8 Å². The summed E-state index contributed by atoms with van der Waals surface area (Å²) in [6.07, 6.45) is -0.212. The number of nitrogens with zero attached hydrogens (tertiary/aromatic N) is 3. The normalized spacial score (nSPS) is 15.6. The fourth-order valence-electron chi connectivity index (χ4n) is 3.91. The van der Waals surface area contributed by atoms with Crippen molar-refractivity contribution >= 4 is 31.4 Å². The number of ether oxygens (including phenoxy) is 1. The number of amides is 2. The highest BCUT2D eigenvalue weighted by Crippen LogP contribution is 2.43. The topological polar surface area (TPSA) is 172 Å². The summed E-state index contributed by atoms with van der Waals surface area (Å²) in [6.45, 7) is 7.66. The number of aromatic nitrogens is 2. The van der Waals surface area contributed by atoms with Crippen molar-refractivity contribution in [2.45, 2.75) is 52.1 Å². The minimum absolute atomic E-state index is 0.00886. The van der Waals surface area contributed by atoms with Crippen molar-refractivity contribution < 1.29 is 33.1 Å². The van der Waals surface area contributed by atoms with E-state index in [2.05, 4.69) is 25.9 Å². The van der Waals surface area contributed by atoms with Gasteiger partial charge in [0.05, 0.1) is 12.8 Å². The van der Waals surface area contributed by atoms with Gasteiger partial charge in [-0.2, -0.15) is 0 Å². The molecular weight excluding hydrogens is 551 g/mol. The Hall–Kier alpha value is -3.38. The molecule has 0 aliphatic carbocycles. The second-order valence-corrected chi connectivity index (χ2v) is 11.9. The van der Waals surface area contributed by atoms with Crippen LogP contribution >= 0.6 is 7.60 Å². The van der Waals surface area contributed by atoms with Crippen molar-refractivity contribution in [2.75, 3.05) is 44.3 Å². The highest BCUT2D eigenvalue weighted by molar-refractivity contribution is 7.52. The average Bonchev–Trinajstić information content (AvgIpc) is 2.95. The molecule has 0 spiro atoms. The molecule has 2 heterocycles. The molecule has 4 N–H and O–H groups in total. The summed E-state index contributed by atoms with van der Waals surface area (Å²) >= 11 is 0. The summed E-state index contributed by atoms with van der Waals surface area (Å²) in [5, 5.41) is 8.79. The fourth-order valence-corrected chi connectivity index (χ4v) is 5.04. The summed E-state index contributed by atoms with van der Waals surface area (Å²) in [6, 6.07) is 9.12. The van der Waals surface area contributed by atoms with E-state index in [0.717, 1.165) is 6.42 Å². The molecule has 2 aromatic rings. The van der Waals surface area contributed by atoms with Gasteiger partial charge in [-0.05, 0) is 26.7 Å². The Balaban J connectivity index is 1.82. The number of unbranched alkanes of at least 4 members (excludes halogenated alkanes) is 1. The Morgan fingerprint density at radius 2 is 1.85 bits per heavy atom. The zero-order valence-electron chi connectivity index (χ0n) is 23.7. The lowest BCUT2D eigenvalue weighted by Crippen LogP contribution is -2.49. The molecule has 14 heteroatoms. The zero-order chi connectivity index (χ0) is 29.8. The van der Waals surface area contributed by atoms with Crippen LogP contribution in [0.1, 0.15) is 50.5 Å². The predicted octanol–water partition coefficient (Wildman–Crippen LogP) is 3.02. The molecule has 1 saturated heterocycles. The summed E-state index contributed by atoms with van der Waals surface area (Å²) < 4.78 is 22.7. The number of nitrogens with one attached hydrogen (secondary N) is 3. The van der Waals surface area contributed by atoms with Crippen molar-refractivity contribution in [1.82, 2.24) is 25.5 Å². The van der Waals surface area contributed by atoms with Gasteiger partial charge in [0.15, 0.2) is 5.82 Å². The van der Waals surface area contributed by atoms with Crippen LogP contribution in [0.25, 0.3) is 11.4 Å². The molecule has 1 aliphatic rings. The fraction of sp³-hybridized carbons (Fsp3) is 0.519. The second-order valence-electron chi connectivity index (χ2n) is 9.91. The van der Waals surface area contributed by atoms with E-state index in [1.165, 1.54) is 11.0 Å². The lowest BCUT2D eigenvalue weighted by atomic mass is 10.2. The Morgan fingerprint density at radius 3 is 2.51 bits per heavy atom. The minimum atomic E-state index is -4.06. The van der Waals surface area contributed by atoms with E-state index >= 15 is 0 Å². The molecule has 0 saturated carbocycles.